The van der Waals surface area contributed by atoms with Gasteiger partial charge in [0.15, 0.2) is 0 Å². The minimum absolute atomic E-state index is 0.108. The smallest absolute Gasteiger partial charge is 0.243 e. The third kappa shape index (κ3) is 2.84. The molecular formula is C16H18N2O3S. The number of pyridine rings is 1. The number of sulfonamides is 1. The van der Waals surface area contributed by atoms with Crippen molar-refractivity contribution in [3.05, 3.63) is 53.9 Å². The van der Waals surface area contributed by atoms with Crippen LogP contribution in [0.15, 0.2) is 47.6 Å². The lowest BCUT2D eigenvalue weighted by Gasteiger charge is -2.37. The maximum Gasteiger partial charge on any atom is 0.243 e. The molecule has 0 saturated carbocycles. The van der Waals surface area contributed by atoms with Gasteiger partial charge >= 0.3 is 0 Å². The van der Waals surface area contributed by atoms with Crippen molar-refractivity contribution < 1.29 is 13.2 Å². The second-order valence-corrected chi connectivity index (χ2v) is 7.43. The average Bonchev–Trinajstić information content (AvgIpc) is 2.46. The van der Waals surface area contributed by atoms with E-state index in [1.54, 1.807) is 36.7 Å². The molecule has 3 rings (SSSR count). The summed E-state index contributed by atoms with van der Waals surface area (Å²) in [6.45, 7) is 4.63. The number of hydrogen-bond acceptors (Lipinski definition) is 4. The van der Waals surface area contributed by atoms with Crippen LogP contribution in [0.1, 0.15) is 11.1 Å². The fourth-order valence-electron chi connectivity index (χ4n) is 2.30. The first-order chi connectivity index (χ1) is 10.5. The first-order valence-electron chi connectivity index (χ1n) is 7.11. The number of aryl methyl sites for hydroxylation is 2. The Labute approximate surface area is 130 Å². The van der Waals surface area contributed by atoms with Crippen molar-refractivity contribution in [3.8, 4) is 5.75 Å². The summed E-state index contributed by atoms with van der Waals surface area (Å²) in [4.78, 5) is 4.26. The second-order valence-electron chi connectivity index (χ2n) is 5.49. The Morgan fingerprint density at radius 2 is 1.77 bits per heavy atom. The van der Waals surface area contributed by atoms with Crippen LogP contribution >= 0.6 is 0 Å². The van der Waals surface area contributed by atoms with Gasteiger partial charge in [0.1, 0.15) is 11.9 Å². The Morgan fingerprint density at radius 3 is 2.41 bits per heavy atom. The van der Waals surface area contributed by atoms with E-state index in [0.29, 0.717) is 23.7 Å². The first kappa shape index (κ1) is 15.0. The van der Waals surface area contributed by atoms with Crippen molar-refractivity contribution in [2.75, 3.05) is 13.1 Å². The molecule has 1 fully saturated rings. The number of ether oxygens (including phenoxy) is 1. The number of benzene rings is 1. The van der Waals surface area contributed by atoms with Crippen LogP contribution in [0.3, 0.4) is 0 Å². The number of rotatable bonds is 4. The summed E-state index contributed by atoms with van der Waals surface area (Å²) in [6.07, 6.45) is 3.19. The van der Waals surface area contributed by atoms with Crippen molar-refractivity contribution >= 4 is 10.0 Å². The minimum atomic E-state index is -3.43. The standard InChI is InChI=1S/C16H18N2O3S/c1-12-3-4-16(9-13(12)2)22(19,20)18-10-15(11-18)21-14-5-7-17-8-6-14/h3-9,15H,10-11H2,1-2H3. The summed E-state index contributed by atoms with van der Waals surface area (Å²) in [5, 5.41) is 0. The molecule has 0 N–H and O–H groups in total. The quantitative estimate of drug-likeness (QED) is 0.867. The molecule has 1 saturated heterocycles. The third-order valence-electron chi connectivity index (χ3n) is 3.88. The number of aromatic nitrogens is 1. The fraction of sp³-hybridized carbons (Fsp3) is 0.312. The molecule has 5 nitrogen and oxygen atoms in total. The molecule has 116 valence electrons. The van der Waals surface area contributed by atoms with Crippen molar-refractivity contribution in [3.63, 3.8) is 0 Å². The number of nitrogens with zero attached hydrogens (tertiary/aromatic N) is 2. The van der Waals surface area contributed by atoms with Crippen molar-refractivity contribution in [1.29, 1.82) is 0 Å². The van der Waals surface area contributed by atoms with Crippen molar-refractivity contribution in [1.82, 2.24) is 9.29 Å². The molecular weight excluding hydrogens is 300 g/mol. The van der Waals surface area contributed by atoms with Gasteiger partial charge in [-0.2, -0.15) is 4.31 Å². The normalized spacial score (nSPS) is 16.3. The van der Waals surface area contributed by atoms with Gasteiger partial charge in [0, 0.05) is 12.4 Å². The monoisotopic (exact) mass is 318 g/mol. The molecule has 6 heteroatoms. The van der Waals surface area contributed by atoms with Crippen LogP contribution in [0.25, 0.3) is 0 Å². The summed E-state index contributed by atoms with van der Waals surface area (Å²) < 4.78 is 32.2. The van der Waals surface area contributed by atoms with Gasteiger partial charge in [-0.05, 0) is 49.2 Å². The zero-order valence-electron chi connectivity index (χ0n) is 12.6. The first-order valence-corrected chi connectivity index (χ1v) is 8.55. The predicted octanol–water partition coefficient (Wildman–Crippen LogP) is 2.15. The zero-order chi connectivity index (χ0) is 15.7. The molecule has 2 aromatic rings. The molecule has 0 aliphatic carbocycles. The minimum Gasteiger partial charge on any atom is -0.488 e. The Morgan fingerprint density at radius 1 is 1.09 bits per heavy atom. The zero-order valence-corrected chi connectivity index (χ0v) is 13.4. The SMILES string of the molecule is Cc1ccc(S(=O)(=O)N2CC(Oc3ccncc3)C2)cc1C. The molecule has 1 aromatic carbocycles. The average molecular weight is 318 g/mol. The summed E-state index contributed by atoms with van der Waals surface area (Å²) in [5.41, 5.74) is 2.06. The van der Waals surface area contributed by atoms with Crippen LogP contribution in [0.5, 0.6) is 5.75 Å². The van der Waals surface area contributed by atoms with Crippen LogP contribution in [-0.4, -0.2) is 36.9 Å². The second kappa shape index (κ2) is 5.70. The molecule has 0 unspecified atom stereocenters. The van der Waals surface area contributed by atoms with E-state index in [4.69, 9.17) is 4.74 Å². The van der Waals surface area contributed by atoms with Gasteiger partial charge in [-0.25, -0.2) is 8.42 Å². The summed E-state index contributed by atoms with van der Waals surface area (Å²) in [7, 11) is -3.43. The van der Waals surface area contributed by atoms with E-state index in [-0.39, 0.29) is 6.10 Å². The van der Waals surface area contributed by atoms with Crippen molar-refractivity contribution in [2.24, 2.45) is 0 Å². The van der Waals surface area contributed by atoms with E-state index in [2.05, 4.69) is 4.98 Å². The van der Waals surface area contributed by atoms with Gasteiger partial charge in [0.2, 0.25) is 10.0 Å². The van der Waals surface area contributed by atoms with Crippen LogP contribution in [-0.2, 0) is 10.0 Å². The summed E-state index contributed by atoms with van der Waals surface area (Å²) in [5.74, 6) is 0.711. The molecule has 0 bridgehead atoms. The predicted molar refractivity (Wildman–Crippen MR) is 83.3 cm³/mol. The lowest BCUT2D eigenvalue weighted by Crippen LogP contribution is -2.55. The highest BCUT2D eigenvalue weighted by Crippen LogP contribution is 2.25. The summed E-state index contributed by atoms with van der Waals surface area (Å²) in [6, 6.07) is 8.75. The van der Waals surface area contributed by atoms with Gasteiger partial charge in [0.25, 0.3) is 0 Å². The van der Waals surface area contributed by atoms with E-state index in [0.717, 1.165) is 11.1 Å². The van der Waals surface area contributed by atoms with Crippen LogP contribution in [0.2, 0.25) is 0 Å². The molecule has 0 radical (unpaired) electrons. The van der Waals surface area contributed by atoms with E-state index < -0.39 is 10.0 Å². The Kier molecular flexibility index (Phi) is 3.88. The maximum absolute atomic E-state index is 12.5. The highest BCUT2D eigenvalue weighted by atomic mass is 32.2. The molecule has 1 aliphatic heterocycles. The van der Waals surface area contributed by atoms with Crippen LogP contribution < -0.4 is 4.74 Å². The van der Waals surface area contributed by atoms with Crippen molar-refractivity contribution in [2.45, 2.75) is 24.8 Å². The molecule has 22 heavy (non-hydrogen) atoms. The Balaban J connectivity index is 1.67. The molecule has 0 amide bonds. The van der Waals surface area contributed by atoms with Gasteiger partial charge < -0.3 is 4.74 Å². The van der Waals surface area contributed by atoms with Crippen LogP contribution in [0, 0.1) is 13.8 Å². The topological polar surface area (TPSA) is 59.5 Å². The Bertz CT molecular complexity index is 769. The fourth-order valence-corrected chi connectivity index (χ4v) is 3.89. The largest absolute Gasteiger partial charge is 0.488 e. The van der Waals surface area contributed by atoms with E-state index in [1.807, 2.05) is 19.9 Å². The van der Waals surface area contributed by atoms with Gasteiger partial charge in [0.05, 0.1) is 18.0 Å². The molecule has 1 aromatic heterocycles. The summed E-state index contributed by atoms with van der Waals surface area (Å²) >= 11 is 0. The lowest BCUT2D eigenvalue weighted by molar-refractivity contribution is 0.0761. The third-order valence-corrected chi connectivity index (χ3v) is 5.71. The van der Waals surface area contributed by atoms with Gasteiger partial charge in [-0.1, -0.05) is 6.07 Å². The van der Waals surface area contributed by atoms with E-state index in [9.17, 15) is 8.42 Å². The Hall–Kier alpha value is -1.92. The van der Waals surface area contributed by atoms with Gasteiger partial charge in [-0.3, -0.25) is 4.98 Å². The van der Waals surface area contributed by atoms with E-state index in [1.165, 1.54) is 4.31 Å². The van der Waals surface area contributed by atoms with Crippen LogP contribution in [0.4, 0.5) is 0 Å². The highest BCUT2D eigenvalue weighted by Gasteiger charge is 2.38. The molecule has 1 aliphatic rings. The highest BCUT2D eigenvalue weighted by molar-refractivity contribution is 7.89. The molecule has 2 heterocycles. The molecule has 0 atom stereocenters. The maximum atomic E-state index is 12.5. The number of hydrogen-bond donors (Lipinski definition) is 0. The van der Waals surface area contributed by atoms with Gasteiger partial charge in [-0.15, -0.1) is 0 Å². The van der Waals surface area contributed by atoms with E-state index >= 15 is 0 Å². The lowest BCUT2D eigenvalue weighted by atomic mass is 10.1. The molecule has 0 spiro atoms.